The summed E-state index contributed by atoms with van der Waals surface area (Å²) in [4.78, 5) is 25.2. The fourth-order valence-corrected chi connectivity index (χ4v) is 2.24. The number of carbonyl (C=O) groups excluding carboxylic acids is 2. The summed E-state index contributed by atoms with van der Waals surface area (Å²) in [5.74, 6) is -0.403. The van der Waals surface area contributed by atoms with E-state index >= 15 is 0 Å². The third-order valence-corrected chi connectivity index (χ3v) is 3.73. The van der Waals surface area contributed by atoms with Gasteiger partial charge in [0, 0.05) is 25.6 Å². The van der Waals surface area contributed by atoms with Gasteiger partial charge in [-0.05, 0) is 12.8 Å². The first-order valence-electron chi connectivity index (χ1n) is 6.79. The van der Waals surface area contributed by atoms with E-state index in [-0.39, 0.29) is 36.7 Å². The molecule has 5 nitrogen and oxygen atoms in total. The molecule has 1 saturated carbocycles. The summed E-state index contributed by atoms with van der Waals surface area (Å²) in [6.45, 7) is 2.14. The van der Waals surface area contributed by atoms with Gasteiger partial charge in [-0.1, -0.05) is 26.2 Å². The van der Waals surface area contributed by atoms with Gasteiger partial charge in [0.1, 0.15) is 0 Å². The second kappa shape index (κ2) is 9.15. The van der Waals surface area contributed by atoms with Gasteiger partial charge in [-0.25, -0.2) is 0 Å². The second-order valence-electron chi connectivity index (χ2n) is 5.15. The lowest BCUT2D eigenvalue weighted by atomic mass is 9.94. The summed E-state index contributed by atoms with van der Waals surface area (Å²) in [5.41, 5.74) is 5.40. The van der Waals surface area contributed by atoms with Crippen molar-refractivity contribution in [1.82, 2.24) is 10.2 Å². The van der Waals surface area contributed by atoms with Crippen molar-refractivity contribution in [3.63, 3.8) is 0 Å². The first-order chi connectivity index (χ1) is 8.56. The van der Waals surface area contributed by atoms with Crippen LogP contribution >= 0.6 is 12.4 Å². The molecular formula is C13H26ClN3O2. The number of hydrogen-bond donors (Lipinski definition) is 2. The summed E-state index contributed by atoms with van der Waals surface area (Å²) in [5, 5.41) is 2.64. The van der Waals surface area contributed by atoms with E-state index in [1.54, 1.807) is 11.8 Å². The maximum Gasteiger partial charge on any atom is 0.241 e. The predicted molar refractivity (Wildman–Crippen MR) is 78.1 cm³/mol. The summed E-state index contributed by atoms with van der Waals surface area (Å²) >= 11 is 0. The monoisotopic (exact) mass is 291 g/mol. The second-order valence-corrected chi connectivity index (χ2v) is 5.15. The smallest absolute Gasteiger partial charge is 0.241 e. The molecule has 1 aliphatic rings. The summed E-state index contributed by atoms with van der Waals surface area (Å²) in [6, 6.07) is 0.343. The van der Waals surface area contributed by atoms with Crippen LogP contribution in [0, 0.1) is 5.92 Å². The first kappa shape index (κ1) is 18.2. The molecule has 1 unspecified atom stereocenters. The Morgan fingerprint density at radius 2 is 1.89 bits per heavy atom. The van der Waals surface area contributed by atoms with Gasteiger partial charge in [0.05, 0.1) is 6.54 Å². The van der Waals surface area contributed by atoms with E-state index in [2.05, 4.69) is 5.32 Å². The van der Waals surface area contributed by atoms with Crippen LogP contribution in [0.1, 0.15) is 39.0 Å². The van der Waals surface area contributed by atoms with E-state index in [1.807, 2.05) is 7.05 Å². The molecule has 0 aromatic heterocycles. The van der Waals surface area contributed by atoms with E-state index in [4.69, 9.17) is 5.73 Å². The lowest BCUT2D eigenvalue weighted by molar-refractivity contribution is -0.134. The van der Waals surface area contributed by atoms with Crippen LogP contribution in [0.25, 0.3) is 0 Å². The highest BCUT2D eigenvalue weighted by atomic mass is 35.5. The molecular weight excluding hydrogens is 266 g/mol. The highest BCUT2D eigenvalue weighted by Gasteiger charge is 2.22. The van der Waals surface area contributed by atoms with Crippen LogP contribution in [0.5, 0.6) is 0 Å². The third kappa shape index (κ3) is 5.78. The predicted octanol–water partition coefficient (Wildman–Crippen LogP) is 0.910. The number of nitrogens with one attached hydrogen (secondary N) is 1. The Kier molecular flexibility index (Phi) is 8.76. The molecule has 0 heterocycles. The Balaban J connectivity index is 0.00000324. The summed E-state index contributed by atoms with van der Waals surface area (Å²) < 4.78 is 0. The van der Waals surface area contributed by atoms with Crippen LogP contribution in [-0.4, -0.2) is 42.9 Å². The maximum atomic E-state index is 11.9. The molecule has 1 atom stereocenters. The fourth-order valence-electron chi connectivity index (χ4n) is 2.24. The zero-order valence-electron chi connectivity index (χ0n) is 11.9. The Morgan fingerprint density at radius 1 is 1.32 bits per heavy atom. The third-order valence-electron chi connectivity index (χ3n) is 3.73. The fraction of sp³-hybridized carbons (Fsp3) is 0.846. The van der Waals surface area contributed by atoms with Gasteiger partial charge >= 0.3 is 0 Å². The van der Waals surface area contributed by atoms with Gasteiger partial charge in [-0.15, -0.1) is 12.4 Å². The highest BCUT2D eigenvalue weighted by molar-refractivity contribution is 5.86. The number of nitrogens with two attached hydrogens (primary N) is 1. The quantitative estimate of drug-likeness (QED) is 0.790. The van der Waals surface area contributed by atoms with Gasteiger partial charge in [0.2, 0.25) is 11.8 Å². The molecule has 0 bridgehead atoms. The van der Waals surface area contributed by atoms with E-state index < -0.39 is 0 Å². The zero-order valence-corrected chi connectivity index (χ0v) is 12.7. The Morgan fingerprint density at radius 3 is 2.42 bits per heavy atom. The lowest BCUT2D eigenvalue weighted by Crippen LogP contribution is -2.45. The maximum absolute atomic E-state index is 11.9. The van der Waals surface area contributed by atoms with Crippen LogP contribution in [0.2, 0.25) is 0 Å². The van der Waals surface area contributed by atoms with Crippen LogP contribution in [-0.2, 0) is 9.59 Å². The molecule has 112 valence electrons. The van der Waals surface area contributed by atoms with E-state index in [0.717, 1.165) is 12.8 Å². The van der Waals surface area contributed by atoms with Crippen molar-refractivity contribution in [1.29, 1.82) is 0 Å². The van der Waals surface area contributed by atoms with Crippen molar-refractivity contribution < 1.29 is 9.59 Å². The SMILES string of the molecule is CC(CN)C(=O)NCC(=O)N(C)C1CCCCC1.Cl. The minimum atomic E-state index is -0.238. The molecule has 0 aliphatic heterocycles. The molecule has 1 rings (SSSR count). The van der Waals surface area contributed by atoms with Crippen LogP contribution in [0.15, 0.2) is 0 Å². The van der Waals surface area contributed by atoms with Crippen molar-refractivity contribution in [3.05, 3.63) is 0 Å². The van der Waals surface area contributed by atoms with Gasteiger partial charge in [-0.3, -0.25) is 9.59 Å². The van der Waals surface area contributed by atoms with Gasteiger partial charge in [0.15, 0.2) is 0 Å². The number of likely N-dealkylation sites (N-methyl/N-ethyl adjacent to an activating group) is 1. The topological polar surface area (TPSA) is 75.4 Å². The summed E-state index contributed by atoms with van der Waals surface area (Å²) in [6.07, 6.45) is 5.81. The van der Waals surface area contributed by atoms with E-state index in [9.17, 15) is 9.59 Å². The van der Waals surface area contributed by atoms with Crippen molar-refractivity contribution in [3.8, 4) is 0 Å². The zero-order chi connectivity index (χ0) is 13.5. The molecule has 19 heavy (non-hydrogen) atoms. The highest BCUT2D eigenvalue weighted by Crippen LogP contribution is 2.21. The minimum Gasteiger partial charge on any atom is -0.347 e. The Labute approximate surface area is 121 Å². The molecule has 3 N–H and O–H groups in total. The first-order valence-corrected chi connectivity index (χ1v) is 6.79. The number of amides is 2. The van der Waals surface area contributed by atoms with Gasteiger partial charge < -0.3 is 16.0 Å². The van der Waals surface area contributed by atoms with Crippen LogP contribution in [0.4, 0.5) is 0 Å². The number of rotatable bonds is 5. The average Bonchev–Trinajstić information content (AvgIpc) is 2.43. The molecule has 0 aromatic carbocycles. The molecule has 2 amide bonds. The number of halogens is 1. The van der Waals surface area contributed by atoms with Gasteiger partial charge in [0.25, 0.3) is 0 Å². The minimum absolute atomic E-state index is 0. The largest absolute Gasteiger partial charge is 0.347 e. The average molecular weight is 292 g/mol. The molecule has 0 saturated heterocycles. The van der Waals surface area contributed by atoms with Gasteiger partial charge in [-0.2, -0.15) is 0 Å². The Hall–Kier alpha value is -0.810. The molecule has 1 aliphatic carbocycles. The summed E-state index contributed by atoms with van der Waals surface area (Å²) in [7, 11) is 1.83. The number of hydrogen-bond acceptors (Lipinski definition) is 3. The number of nitrogens with zero attached hydrogens (tertiary/aromatic N) is 1. The van der Waals surface area contributed by atoms with Crippen molar-refractivity contribution >= 4 is 24.2 Å². The van der Waals surface area contributed by atoms with Crippen LogP contribution in [0.3, 0.4) is 0 Å². The Bertz CT molecular complexity index is 294. The van der Waals surface area contributed by atoms with Crippen molar-refractivity contribution in [2.45, 2.75) is 45.1 Å². The molecule has 1 fully saturated rings. The van der Waals surface area contributed by atoms with Crippen molar-refractivity contribution in [2.75, 3.05) is 20.1 Å². The van der Waals surface area contributed by atoms with E-state index in [1.165, 1.54) is 19.3 Å². The standard InChI is InChI=1S/C13H25N3O2.ClH/c1-10(8-14)13(18)15-9-12(17)16(2)11-6-4-3-5-7-11;/h10-11H,3-9,14H2,1-2H3,(H,15,18);1H. The van der Waals surface area contributed by atoms with Crippen LogP contribution < -0.4 is 11.1 Å². The molecule has 0 aromatic rings. The van der Waals surface area contributed by atoms with Crippen molar-refractivity contribution in [2.24, 2.45) is 11.7 Å². The molecule has 0 radical (unpaired) electrons. The van der Waals surface area contributed by atoms with E-state index in [0.29, 0.717) is 12.6 Å². The molecule has 6 heteroatoms. The normalized spacial score (nSPS) is 17.2. The molecule has 0 spiro atoms. The number of carbonyl (C=O) groups is 2. The lowest BCUT2D eigenvalue weighted by Gasteiger charge is -2.31.